The van der Waals surface area contributed by atoms with Crippen LogP contribution in [-0.2, 0) is 19.2 Å². The lowest BCUT2D eigenvalue weighted by Gasteiger charge is -2.33. The second kappa shape index (κ2) is 6.17. The molecule has 2 saturated carbocycles. The molecule has 23 heavy (non-hydrogen) atoms. The van der Waals surface area contributed by atoms with Crippen molar-refractivity contribution in [3.8, 4) is 0 Å². The number of imide groups is 1. The molecule has 0 radical (unpaired) electrons. The number of rotatable bonds is 3. The summed E-state index contributed by atoms with van der Waals surface area (Å²) in [6, 6.07) is 0. The lowest BCUT2D eigenvalue weighted by molar-refractivity contribution is -0.138. The molecule has 2 aliphatic carbocycles. The predicted octanol–water partition coefficient (Wildman–Crippen LogP) is 1.98. The van der Waals surface area contributed by atoms with Crippen molar-refractivity contribution in [3.63, 3.8) is 0 Å². The van der Waals surface area contributed by atoms with Crippen molar-refractivity contribution >= 4 is 23.4 Å². The smallest absolute Gasteiger partial charge is 0.232 e. The predicted molar refractivity (Wildman–Crippen MR) is 83.2 cm³/mol. The SMILES string of the molecule is CC(=O)C1CCCC(C(=O)C2CCC3C(=O)N(C)C(=O)C3C2)C1. The number of amides is 2. The molecule has 3 rings (SSSR count). The maximum atomic E-state index is 12.9. The number of nitrogens with zero attached hydrogens (tertiary/aromatic N) is 1. The fourth-order valence-corrected chi connectivity index (χ4v) is 4.75. The first-order chi connectivity index (χ1) is 10.9. The van der Waals surface area contributed by atoms with Crippen LogP contribution in [0.3, 0.4) is 0 Å². The van der Waals surface area contributed by atoms with E-state index in [0.717, 1.165) is 19.3 Å². The van der Waals surface area contributed by atoms with E-state index in [0.29, 0.717) is 25.7 Å². The molecular weight excluding hydrogens is 294 g/mol. The second-order valence-corrected chi connectivity index (χ2v) is 7.53. The van der Waals surface area contributed by atoms with E-state index in [2.05, 4.69) is 0 Å². The molecule has 5 heteroatoms. The van der Waals surface area contributed by atoms with E-state index in [1.54, 1.807) is 14.0 Å². The van der Waals surface area contributed by atoms with Gasteiger partial charge in [-0.05, 0) is 45.4 Å². The van der Waals surface area contributed by atoms with Gasteiger partial charge in [-0.15, -0.1) is 0 Å². The van der Waals surface area contributed by atoms with E-state index in [4.69, 9.17) is 0 Å². The molecule has 1 heterocycles. The highest BCUT2D eigenvalue weighted by molar-refractivity contribution is 6.05. The summed E-state index contributed by atoms with van der Waals surface area (Å²) in [4.78, 5) is 49.9. The Labute approximate surface area is 136 Å². The van der Waals surface area contributed by atoms with Crippen LogP contribution in [0, 0.1) is 29.6 Å². The van der Waals surface area contributed by atoms with Gasteiger partial charge >= 0.3 is 0 Å². The quantitative estimate of drug-likeness (QED) is 0.746. The summed E-state index contributed by atoms with van der Waals surface area (Å²) in [7, 11) is 1.54. The van der Waals surface area contributed by atoms with Crippen molar-refractivity contribution < 1.29 is 19.2 Å². The Morgan fingerprint density at radius 2 is 1.48 bits per heavy atom. The average molecular weight is 319 g/mol. The van der Waals surface area contributed by atoms with Gasteiger partial charge in [0.25, 0.3) is 0 Å². The fourth-order valence-electron chi connectivity index (χ4n) is 4.75. The van der Waals surface area contributed by atoms with Gasteiger partial charge in [0.1, 0.15) is 11.6 Å². The monoisotopic (exact) mass is 319 g/mol. The number of fused-ring (bicyclic) bond motifs is 1. The molecule has 2 amide bonds. The minimum Gasteiger partial charge on any atom is -0.300 e. The molecule has 5 unspecified atom stereocenters. The summed E-state index contributed by atoms with van der Waals surface area (Å²) >= 11 is 0. The summed E-state index contributed by atoms with van der Waals surface area (Å²) in [5, 5.41) is 0. The normalized spacial score (nSPS) is 37.7. The summed E-state index contributed by atoms with van der Waals surface area (Å²) in [5.41, 5.74) is 0. The van der Waals surface area contributed by atoms with Crippen LogP contribution >= 0.6 is 0 Å². The van der Waals surface area contributed by atoms with E-state index < -0.39 is 0 Å². The molecule has 126 valence electrons. The van der Waals surface area contributed by atoms with Crippen molar-refractivity contribution in [1.29, 1.82) is 0 Å². The number of hydrogen-bond donors (Lipinski definition) is 0. The summed E-state index contributed by atoms with van der Waals surface area (Å²) < 4.78 is 0. The van der Waals surface area contributed by atoms with Gasteiger partial charge in [-0.3, -0.25) is 24.1 Å². The zero-order chi connectivity index (χ0) is 16.7. The molecule has 1 saturated heterocycles. The van der Waals surface area contributed by atoms with Gasteiger partial charge in [0.05, 0.1) is 11.8 Å². The Morgan fingerprint density at radius 1 is 0.870 bits per heavy atom. The largest absolute Gasteiger partial charge is 0.300 e. The molecule has 1 aliphatic heterocycles. The van der Waals surface area contributed by atoms with Gasteiger partial charge in [-0.1, -0.05) is 6.42 Å². The molecule has 5 atom stereocenters. The Balaban J connectivity index is 1.66. The molecule has 0 aromatic carbocycles. The van der Waals surface area contributed by atoms with Crippen LogP contribution in [0.15, 0.2) is 0 Å². The summed E-state index contributed by atoms with van der Waals surface area (Å²) in [6.07, 6.45) is 5.21. The third-order valence-corrected chi connectivity index (χ3v) is 6.20. The molecular formula is C18H25NO4. The first-order valence-electron chi connectivity index (χ1n) is 8.75. The van der Waals surface area contributed by atoms with Crippen LogP contribution in [0.4, 0.5) is 0 Å². The molecule has 5 nitrogen and oxygen atoms in total. The highest BCUT2D eigenvalue weighted by atomic mass is 16.2. The van der Waals surface area contributed by atoms with Crippen LogP contribution < -0.4 is 0 Å². The standard InChI is InChI=1S/C18H25NO4/c1-10(20)11-4-3-5-12(8-11)16(21)13-6-7-14-15(9-13)18(23)19(2)17(14)22/h11-15H,3-9H2,1-2H3. The number of likely N-dealkylation sites (tertiary alicyclic amines) is 1. The maximum Gasteiger partial charge on any atom is 0.232 e. The molecule has 0 aromatic heterocycles. The molecule has 3 fully saturated rings. The number of carbonyl (C=O) groups excluding carboxylic acids is 4. The first kappa shape index (κ1) is 16.3. The van der Waals surface area contributed by atoms with Crippen molar-refractivity contribution in [2.75, 3.05) is 7.05 Å². The van der Waals surface area contributed by atoms with Crippen LogP contribution in [0.1, 0.15) is 51.9 Å². The highest BCUT2D eigenvalue weighted by Gasteiger charge is 2.50. The minimum absolute atomic E-state index is 0.0230. The zero-order valence-electron chi connectivity index (χ0n) is 13.9. The maximum absolute atomic E-state index is 12.9. The number of Topliss-reactive ketones (excluding diaryl/α,β-unsaturated/α-hetero) is 2. The lowest BCUT2D eigenvalue weighted by atomic mass is 9.69. The van der Waals surface area contributed by atoms with Crippen LogP contribution in [0.25, 0.3) is 0 Å². The van der Waals surface area contributed by atoms with E-state index in [1.165, 1.54) is 4.90 Å². The molecule has 0 aromatic rings. The first-order valence-corrected chi connectivity index (χ1v) is 8.75. The Hall–Kier alpha value is -1.52. The molecule has 0 spiro atoms. The topological polar surface area (TPSA) is 71.5 Å². The van der Waals surface area contributed by atoms with E-state index in [-0.39, 0.29) is 53.0 Å². The van der Waals surface area contributed by atoms with E-state index in [1.807, 2.05) is 0 Å². The van der Waals surface area contributed by atoms with Crippen molar-refractivity contribution in [1.82, 2.24) is 4.90 Å². The van der Waals surface area contributed by atoms with Crippen LogP contribution in [0.5, 0.6) is 0 Å². The molecule has 3 aliphatic rings. The molecule has 0 bridgehead atoms. The number of ketones is 2. The second-order valence-electron chi connectivity index (χ2n) is 7.53. The number of hydrogen-bond acceptors (Lipinski definition) is 4. The van der Waals surface area contributed by atoms with Crippen molar-refractivity contribution in [2.24, 2.45) is 29.6 Å². The van der Waals surface area contributed by atoms with Gasteiger partial charge in [-0.25, -0.2) is 0 Å². The Kier molecular flexibility index (Phi) is 4.39. The van der Waals surface area contributed by atoms with Gasteiger partial charge in [-0.2, -0.15) is 0 Å². The fraction of sp³-hybridized carbons (Fsp3) is 0.778. The van der Waals surface area contributed by atoms with Gasteiger partial charge < -0.3 is 0 Å². The Morgan fingerprint density at radius 3 is 2.17 bits per heavy atom. The van der Waals surface area contributed by atoms with Crippen molar-refractivity contribution in [2.45, 2.75) is 51.9 Å². The minimum atomic E-state index is -0.303. The Bertz CT molecular complexity index is 555. The zero-order valence-corrected chi connectivity index (χ0v) is 13.9. The van der Waals surface area contributed by atoms with Crippen LogP contribution in [-0.4, -0.2) is 35.3 Å². The third-order valence-electron chi connectivity index (χ3n) is 6.20. The van der Waals surface area contributed by atoms with Gasteiger partial charge in [0.15, 0.2) is 0 Å². The average Bonchev–Trinajstić information content (AvgIpc) is 2.78. The molecule has 0 N–H and O–H groups in total. The van der Waals surface area contributed by atoms with E-state index >= 15 is 0 Å². The highest BCUT2D eigenvalue weighted by Crippen LogP contribution is 2.42. The summed E-state index contributed by atoms with van der Waals surface area (Å²) in [5.74, 6) is -0.443. The number of carbonyl (C=O) groups is 4. The van der Waals surface area contributed by atoms with Gasteiger partial charge in [0, 0.05) is 24.8 Å². The van der Waals surface area contributed by atoms with Crippen LogP contribution in [0.2, 0.25) is 0 Å². The van der Waals surface area contributed by atoms with E-state index in [9.17, 15) is 19.2 Å². The summed E-state index contributed by atoms with van der Waals surface area (Å²) in [6.45, 7) is 1.61. The van der Waals surface area contributed by atoms with Gasteiger partial charge in [0.2, 0.25) is 11.8 Å². The lowest BCUT2D eigenvalue weighted by Crippen LogP contribution is -2.36. The third kappa shape index (κ3) is 2.86. The van der Waals surface area contributed by atoms with Crippen molar-refractivity contribution in [3.05, 3.63) is 0 Å².